The molecule has 1 rings (SSSR count). The van der Waals surface area contributed by atoms with Gasteiger partial charge in [0.05, 0.1) is 28.2 Å². The fraction of sp³-hybridized carbons (Fsp3) is 0.385. The van der Waals surface area contributed by atoms with Gasteiger partial charge in [0, 0.05) is 17.5 Å². The van der Waals surface area contributed by atoms with Crippen LogP contribution in [0, 0.1) is 0 Å². The Morgan fingerprint density at radius 3 is 2.17 bits per heavy atom. The van der Waals surface area contributed by atoms with Crippen LogP contribution >= 0.6 is 11.8 Å². The predicted molar refractivity (Wildman–Crippen MR) is 77.4 cm³/mol. The monoisotopic (exact) mass is 266 g/mol. The molecule has 98 valence electrons. The Labute approximate surface area is 113 Å². The molecule has 0 spiro atoms. The number of nitrogens with zero attached hydrogens (tertiary/aromatic N) is 2. The summed E-state index contributed by atoms with van der Waals surface area (Å²) < 4.78 is 2.08. The van der Waals surface area contributed by atoms with Crippen molar-refractivity contribution in [2.24, 2.45) is 0 Å². The number of rotatable bonds is 2. The highest BCUT2D eigenvalue weighted by Gasteiger charge is 2.13. The molecule has 0 heterocycles. The molecule has 0 saturated carbocycles. The fourth-order valence-corrected chi connectivity index (χ4v) is 2.35. The van der Waals surface area contributed by atoms with Gasteiger partial charge in [-0.05, 0) is 36.0 Å². The minimum Gasteiger partial charge on any atom is -0.326 e. The minimum absolute atomic E-state index is 0.0516. The molecule has 0 bridgehead atoms. The molecule has 0 aliphatic heterocycles. The van der Waals surface area contributed by atoms with Gasteiger partial charge in [-0.25, -0.2) is 0 Å². The van der Waals surface area contributed by atoms with Gasteiger partial charge in [-0.2, -0.15) is 0 Å². The highest BCUT2D eigenvalue weighted by atomic mass is 32.2. The van der Waals surface area contributed by atoms with Crippen molar-refractivity contribution in [3.63, 3.8) is 0 Å². The molecule has 0 saturated heterocycles. The second-order valence-electron chi connectivity index (χ2n) is 4.38. The van der Waals surface area contributed by atoms with Crippen LogP contribution in [0.15, 0.2) is 29.2 Å². The van der Waals surface area contributed by atoms with Crippen LogP contribution < -0.4 is 5.32 Å². The van der Waals surface area contributed by atoms with E-state index in [1.807, 2.05) is 52.5 Å². The molecule has 18 heavy (non-hydrogen) atoms. The summed E-state index contributed by atoms with van der Waals surface area (Å²) in [4.78, 5) is 14.1. The summed E-state index contributed by atoms with van der Waals surface area (Å²) in [6.45, 7) is 1.51. The molecule has 5 heteroatoms. The summed E-state index contributed by atoms with van der Waals surface area (Å²) in [5.41, 5.74) is 0.822. The fourth-order valence-electron chi connectivity index (χ4n) is 1.50. The summed E-state index contributed by atoms with van der Waals surface area (Å²) in [6.07, 6.45) is 0. The molecule has 1 N–H and O–H groups in total. The van der Waals surface area contributed by atoms with Gasteiger partial charge in [0.2, 0.25) is 5.91 Å². The number of carbonyl (C=O) groups excluding carboxylic acids is 1. The molecule has 0 radical (unpaired) electrons. The maximum atomic E-state index is 10.9. The lowest BCUT2D eigenvalue weighted by Crippen LogP contribution is -2.26. The van der Waals surface area contributed by atoms with Crippen molar-refractivity contribution in [1.82, 2.24) is 4.90 Å². The number of carbonyl (C=O) groups is 1. The van der Waals surface area contributed by atoms with Gasteiger partial charge in [0.1, 0.15) is 0 Å². The molecule has 0 aromatic heterocycles. The van der Waals surface area contributed by atoms with Crippen molar-refractivity contribution in [1.29, 1.82) is 0 Å². The summed E-state index contributed by atoms with van der Waals surface area (Å²) in [5, 5.41) is 3.91. The Morgan fingerprint density at radius 2 is 1.78 bits per heavy atom. The van der Waals surface area contributed by atoms with Crippen molar-refractivity contribution in [3.8, 4) is 0 Å². The third-order valence-electron chi connectivity index (χ3n) is 2.15. The first-order valence-corrected chi connectivity index (χ1v) is 6.49. The molecule has 1 aromatic carbocycles. The standard InChI is InChI=1S/C13H19N3OS/c1-10(17)14-11-6-8-12(9-7-11)18-13(15(2)3)16(4)5/h6-9H,1-5H3/p+1. The van der Waals surface area contributed by atoms with Crippen LogP contribution in [0.5, 0.6) is 0 Å². The summed E-state index contributed by atoms with van der Waals surface area (Å²) >= 11 is 1.69. The Hall–Kier alpha value is -1.49. The summed E-state index contributed by atoms with van der Waals surface area (Å²) in [5.74, 6) is -0.0516. The van der Waals surface area contributed by atoms with Crippen molar-refractivity contribution in [3.05, 3.63) is 24.3 Å². The zero-order valence-corrected chi connectivity index (χ0v) is 12.3. The number of thioether (sulfide) groups is 1. The zero-order chi connectivity index (χ0) is 13.7. The molecule has 1 amide bonds. The van der Waals surface area contributed by atoms with Crippen LogP contribution in [0.25, 0.3) is 0 Å². The van der Waals surface area contributed by atoms with Gasteiger partial charge in [0.25, 0.3) is 0 Å². The van der Waals surface area contributed by atoms with Crippen LogP contribution in [0.2, 0.25) is 0 Å². The highest BCUT2D eigenvalue weighted by Crippen LogP contribution is 2.22. The van der Waals surface area contributed by atoms with Crippen LogP contribution in [0.4, 0.5) is 5.69 Å². The Morgan fingerprint density at radius 1 is 1.22 bits per heavy atom. The average molecular weight is 266 g/mol. The lowest BCUT2D eigenvalue weighted by Gasteiger charge is -2.10. The highest BCUT2D eigenvalue weighted by molar-refractivity contribution is 8.13. The Bertz CT molecular complexity index is 448. The number of hydrogen-bond donors (Lipinski definition) is 1. The molecule has 0 aliphatic rings. The van der Waals surface area contributed by atoms with Crippen molar-refractivity contribution < 1.29 is 9.37 Å². The smallest absolute Gasteiger partial charge is 0.312 e. The van der Waals surface area contributed by atoms with Gasteiger partial charge in [-0.1, -0.05) is 0 Å². The molecular weight excluding hydrogens is 246 g/mol. The largest absolute Gasteiger partial charge is 0.326 e. The first kappa shape index (κ1) is 14.6. The van der Waals surface area contributed by atoms with E-state index in [1.54, 1.807) is 11.8 Å². The van der Waals surface area contributed by atoms with E-state index < -0.39 is 0 Å². The van der Waals surface area contributed by atoms with Crippen LogP contribution in [0.3, 0.4) is 0 Å². The summed E-state index contributed by atoms with van der Waals surface area (Å²) in [6, 6.07) is 7.82. The second kappa shape index (κ2) is 6.44. The lowest BCUT2D eigenvalue weighted by atomic mass is 10.3. The van der Waals surface area contributed by atoms with E-state index in [0.717, 1.165) is 15.8 Å². The quantitative estimate of drug-likeness (QED) is 0.384. The Balaban J connectivity index is 2.80. The maximum Gasteiger partial charge on any atom is 0.312 e. The topological polar surface area (TPSA) is 35.4 Å². The van der Waals surface area contributed by atoms with E-state index in [-0.39, 0.29) is 5.91 Å². The lowest BCUT2D eigenvalue weighted by molar-refractivity contribution is -0.466. The zero-order valence-electron chi connectivity index (χ0n) is 11.5. The van der Waals surface area contributed by atoms with Crippen molar-refractivity contribution in [2.45, 2.75) is 11.8 Å². The van der Waals surface area contributed by atoms with E-state index in [4.69, 9.17) is 0 Å². The second-order valence-corrected chi connectivity index (χ2v) is 5.42. The molecule has 0 fully saturated rings. The van der Waals surface area contributed by atoms with Gasteiger partial charge >= 0.3 is 5.17 Å². The molecular formula is C13H20N3OS+. The van der Waals surface area contributed by atoms with E-state index >= 15 is 0 Å². The van der Waals surface area contributed by atoms with Gasteiger partial charge in [0.15, 0.2) is 0 Å². The van der Waals surface area contributed by atoms with Crippen LogP contribution in [-0.2, 0) is 4.79 Å². The molecule has 4 nitrogen and oxygen atoms in total. The van der Waals surface area contributed by atoms with E-state index in [9.17, 15) is 4.79 Å². The van der Waals surface area contributed by atoms with Gasteiger partial charge in [-0.15, -0.1) is 0 Å². The van der Waals surface area contributed by atoms with Crippen molar-refractivity contribution >= 4 is 28.5 Å². The minimum atomic E-state index is -0.0516. The number of hydrogen-bond acceptors (Lipinski definition) is 2. The van der Waals surface area contributed by atoms with Gasteiger partial charge < -0.3 is 5.32 Å². The first-order chi connectivity index (χ1) is 8.40. The predicted octanol–water partition coefficient (Wildman–Crippen LogP) is 1.93. The van der Waals surface area contributed by atoms with Crippen molar-refractivity contribution in [2.75, 3.05) is 33.5 Å². The van der Waals surface area contributed by atoms with E-state index in [0.29, 0.717) is 0 Å². The Kier molecular flexibility index (Phi) is 5.22. The number of nitrogens with one attached hydrogen (secondary N) is 1. The third kappa shape index (κ3) is 4.41. The first-order valence-electron chi connectivity index (χ1n) is 5.67. The van der Waals surface area contributed by atoms with Crippen LogP contribution in [-0.4, -0.2) is 48.7 Å². The van der Waals surface area contributed by atoms with E-state index in [1.165, 1.54) is 6.92 Å². The molecule has 0 aliphatic carbocycles. The third-order valence-corrected chi connectivity index (χ3v) is 3.57. The number of amidine groups is 1. The molecule has 0 unspecified atom stereocenters. The van der Waals surface area contributed by atoms with E-state index in [2.05, 4.69) is 14.8 Å². The average Bonchev–Trinajstić information content (AvgIpc) is 2.26. The number of amides is 1. The molecule has 0 atom stereocenters. The summed E-state index contributed by atoms with van der Waals surface area (Å²) in [7, 11) is 8.09. The maximum absolute atomic E-state index is 10.9. The SMILES string of the molecule is CC(=O)Nc1ccc(SC(N(C)C)=[N+](C)C)cc1. The number of benzene rings is 1. The van der Waals surface area contributed by atoms with Crippen LogP contribution in [0.1, 0.15) is 6.92 Å². The molecule has 1 aromatic rings. The van der Waals surface area contributed by atoms with Gasteiger partial charge in [-0.3, -0.25) is 14.3 Å². The normalized spacial score (nSPS) is 9.83. The number of anilines is 1.